The van der Waals surface area contributed by atoms with Crippen LogP contribution in [0, 0.1) is 6.92 Å². The second-order valence-corrected chi connectivity index (χ2v) is 8.47. The lowest BCUT2D eigenvalue weighted by Gasteiger charge is -2.10. The van der Waals surface area contributed by atoms with Crippen LogP contribution in [0.1, 0.15) is 22.4 Å². The molecule has 0 aliphatic rings. The number of nitrogens with zero attached hydrogens (tertiary/aromatic N) is 2. The van der Waals surface area contributed by atoms with Crippen LogP contribution >= 0.6 is 35.3 Å². The predicted octanol–water partition coefficient (Wildman–Crippen LogP) is 2.23. The van der Waals surface area contributed by atoms with E-state index in [4.69, 9.17) is 0 Å². The summed E-state index contributed by atoms with van der Waals surface area (Å²) >= 11 is 1.65. The zero-order chi connectivity index (χ0) is 18.3. The van der Waals surface area contributed by atoms with E-state index >= 15 is 0 Å². The Morgan fingerprint density at radius 1 is 1.23 bits per heavy atom. The first-order valence-corrected chi connectivity index (χ1v) is 10.2. The summed E-state index contributed by atoms with van der Waals surface area (Å²) in [7, 11) is -2.01. The highest BCUT2D eigenvalue weighted by atomic mass is 127. The van der Waals surface area contributed by atoms with E-state index in [1.54, 1.807) is 35.6 Å². The van der Waals surface area contributed by atoms with E-state index in [1.165, 1.54) is 11.9 Å². The maximum Gasteiger partial charge on any atom is 0.240 e. The molecule has 1 aromatic carbocycles. The molecule has 0 saturated carbocycles. The van der Waals surface area contributed by atoms with Gasteiger partial charge < -0.3 is 10.6 Å². The van der Waals surface area contributed by atoms with Crippen molar-refractivity contribution < 1.29 is 8.42 Å². The van der Waals surface area contributed by atoms with Gasteiger partial charge >= 0.3 is 0 Å². The standard InChI is InChI=1S/C16H23N5O2S2.HI/c1-4-18-16(21-11-15-19-9-12(2)24-15)20-10-13-5-7-14(8-6-13)25(22,23)17-3;/h5-9,17H,4,10-11H2,1-3H3,(H2,18,20,21);1H. The Bertz CT molecular complexity index is 819. The Balaban J connectivity index is 0.00000338. The fourth-order valence-corrected chi connectivity index (χ4v) is 3.50. The Morgan fingerprint density at radius 2 is 1.92 bits per heavy atom. The van der Waals surface area contributed by atoms with Gasteiger partial charge in [0.2, 0.25) is 10.0 Å². The first kappa shape index (κ1) is 22.8. The Hall–Kier alpha value is -1.24. The summed E-state index contributed by atoms with van der Waals surface area (Å²) in [5.41, 5.74) is 0.928. The van der Waals surface area contributed by atoms with E-state index in [0.717, 1.165) is 17.1 Å². The van der Waals surface area contributed by atoms with Crippen molar-refractivity contribution in [1.82, 2.24) is 20.3 Å². The molecule has 2 aromatic rings. The molecule has 0 aliphatic carbocycles. The summed E-state index contributed by atoms with van der Waals surface area (Å²) in [6, 6.07) is 6.69. The van der Waals surface area contributed by atoms with Crippen LogP contribution in [0.15, 0.2) is 40.4 Å². The highest BCUT2D eigenvalue weighted by Crippen LogP contribution is 2.11. The number of thiazole rings is 1. The maximum absolute atomic E-state index is 11.7. The number of benzene rings is 1. The number of aromatic nitrogens is 1. The van der Waals surface area contributed by atoms with Crippen molar-refractivity contribution in [2.75, 3.05) is 13.6 Å². The van der Waals surface area contributed by atoms with E-state index in [2.05, 4.69) is 25.3 Å². The number of guanidine groups is 1. The molecule has 26 heavy (non-hydrogen) atoms. The number of halogens is 1. The van der Waals surface area contributed by atoms with Crippen LogP contribution in [0.4, 0.5) is 0 Å². The topological polar surface area (TPSA) is 95.5 Å². The Kier molecular flexibility index (Phi) is 9.47. The van der Waals surface area contributed by atoms with Crippen LogP contribution in [0.25, 0.3) is 0 Å². The summed E-state index contributed by atoms with van der Waals surface area (Å²) in [6.45, 7) is 5.85. The molecule has 0 amide bonds. The molecule has 0 aliphatic heterocycles. The summed E-state index contributed by atoms with van der Waals surface area (Å²) in [5.74, 6) is 0.697. The number of aliphatic imine (C=N–C) groups is 1. The zero-order valence-electron chi connectivity index (χ0n) is 14.9. The molecule has 0 spiro atoms. The first-order valence-electron chi connectivity index (χ1n) is 7.90. The van der Waals surface area contributed by atoms with Crippen LogP contribution in [0.3, 0.4) is 0 Å². The molecule has 0 saturated heterocycles. The molecule has 0 radical (unpaired) electrons. The molecule has 0 fully saturated rings. The van der Waals surface area contributed by atoms with Crippen molar-refractivity contribution >= 4 is 51.3 Å². The molecular formula is C16H24IN5O2S2. The van der Waals surface area contributed by atoms with E-state index in [9.17, 15) is 8.42 Å². The Labute approximate surface area is 175 Å². The number of nitrogens with one attached hydrogen (secondary N) is 3. The largest absolute Gasteiger partial charge is 0.357 e. The SMILES string of the molecule is CCNC(=NCc1ccc(S(=O)(=O)NC)cc1)NCc1ncc(C)s1.I. The summed E-state index contributed by atoms with van der Waals surface area (Å²) in [5, 5.41) is 7.44. The van der Waals surface area contributed by atoms with Crippen molar-refractivity contribution in [2.45, 2.75) is 31.8 Å². The molecule has 0 unspecified atom stereocenters. The first-order chi connectivity index (χ1) is 11.9. The van der Waals surface area contributed by atoms with E-state index < -0.39 is 10.0 Å². The third kappa shape index (κ3) is 6.82. The average molecular weight is 509 g/mol. The lowest BCUT2D eigenvalue weighted by Crippen LogP contribution is -2.36. The van der Waals surface area contributed by atoms with Crippen LogP contribution in [0.2, 0.25) is 0 Å². The van der Waals surface area contributed by atoms with E-state index in [-0.39, 0.29) is 28.9 Å². The lowest BCUT2D eigenvalue weighted by atomic mass is 10.2. The maximum atomic E-state index is 11.7. The minimum absolute atomic E-state index is 0. The molecule has 0 atom stereocenters. The highest BCUT2D eigenvalue weighted by Gasteiger charge is 2.10. The fourth-order valence-electron chi connectivity index (χ4n) is 2.05. The van der Waals surface area contributed by atoms with Gasteiger partial charge in [-0.2, -0.15) is 0 Å². The number of rotatable bonds is 7. The molecule has 0 bridgehead atoms. The number of hydrogen-bond donors (Lipinski definition) is 3. The molecule has 10 heteroatoms. The highest BCUT2D eigenvalue weighted by molar-refractivity contribution is 14.0. The van der Waals surface area contributed by atoms with Crippen molar-refractivity contribution in [1.29, 1.82) is 0 Å². The number of aryl methyl sites for hydroxylation is 1. The third-order valence-electron chi connectivity index (χ3n) is 3.34. The van der Waals surface area contributed by atoms with Gasteiger partial charge in [0.1, 0.15) is 5.01 Å². The van der Waals surface area contributed by atoms with Crippen LogP contribution in [-0.2, 0) is 23.1 Å². The predicted molar refractivity (Wildman–Crippen MR) is 117 cm³/mol. The van der Waals surface area contributed by atoms with Crippen molar-refractivity contribution in [3.63, 3.8) is 0 Å². The van der Waals surface area contributed by atoms with Crippen molar-refractivity contribution in [3.8, 4) is 0 Å². The second kappa shape index (κ2) is 10.8. The molecular weight excluding hydrogens is 485 g/mol. The molecule has 1 aromatic heterocycles. The van der Waals surface area contributed by atoms with Gasteiger partial charge in [0.25, 0.3) is 0 Å². The van der Waals surface area contributed by atoms with E-state index in [0.29, 0.717) is 19.0 Å². The van der Waals surface area contributed by atoms with Gasteiger partial charge in [-0.1, -0.05) is 12.1 Å². The van der Waals surface area contributed by atoms with E-state index in [1.807, 2.05) is 20.0 Å². The zero-order valence-corrected chi connectivity index (χ0v) is 18.9. The van der Waals surface area contributed by atoms with Gasteiger partial charge in [0.15, 0.2) is 5.96 Å². The van der Waals surface area contributed by atoms with Gasteiger partial charge in [0.05, 0.1) is 18.0 Å². The molecule has 3 N–H and O–H groups in total. The molecule has 2 rings (SSSR count). The fraction of sp³-hybridized carbons (Fsp3) is 0.375. The average Bonchev–Trinajstić information content (AvgIpc) is 3.03. The smallest absolute Gasteiger partial charge is 0.240 e. The minimum Gasteiger partial charge on any atom is -0.357 e. The van der Waals surface area contributed by atoms with Crippen LogP contribution < -0.4 is 15.4 Å². The normalized spacial score (nSPS) is 11.7. The van der Waals surface area contributed by atoms with Gasteiger partial charge in [-0.3, -0.25) is 0 Å². The minimum atomic E-state index is -3.41. The van der Waals surface area contributed by atoms with Crippen LogP contribution in [-0.4, -0.2) is 33.0 Å². The monoisotopic (exact) mass is 509 g/mol. The Morgan fingerprint density at radius 3 is 2.46 bits per heavy atom. The summed E-state index contributed by atoms with van der Waals surface area (Å²) in [4.78, 5) is 10.3. The molecule has 1 heterocycles. The third-order valence-corrected chi connectivity index (χ3v) is 5.69. The number of hydrogen-bond acceptors (Lipinski definition) is 5. The van der Waals surface area contributed by atoms with Gasteiger partial charge in [-0.25, -0.2) is 23.1 Å². The summed E-state index contributed by atoms with van der Waals surface area (Å²) in [6.07, 6.45) is 1.85. The summed E-state index contributed by atoms with van der Waals surface area (Å²) < 4.78 is 25.7. The molecule has 144 valence electrons. The van der Waals surface area contributed by atoms with Crippen molar-refractivity contribution in [2.24, 2.45) is 4.99 Å². The van der Waals surface area contributed by atoms with Gasteiger partial charge in [-0.15, -0.1) is 35.3 Å². The van der Waals surface area contributed by atoms with Gasteiger partial charge in [-0.05, 0) is 38.6 Å². The lowest BCUT2D eigenvalue weighted by molar-refractivity contribution is 0.588. The van der Waals surface area contributed by atoms with Gasteiger partial charge in [0, 0.05) is 17.6 Å². The van der Waals surface area contributed by atoms with Crippen LogP contribution in [0.5, 0.6) is 0 Å². The second-order valence-electron chi connectivity index (χ2n) is 5.26. The van der Waals surface area contributed by atoms with Crippen molar-refractivity contribution in [3.05, 3.63) is 45.9 Å². The quantitative estimate of drug-likeness (QED) is 0.302. The number of sulfonamides is 1. The molecule has 7 nitrogen and oxygen atoms in total.